The zero-order valence-corrected chi connectivity index (χ0v) is 21.5. The predicted octanol–water partition coefficient (Wildman–Crippen LogP) is 9.07. The van der Waals surface area contributed by atoms with Gasteiger partial charge in [-0.1, -0.05) is 64.6 Å². The summed E-state index contributed by atoms with van der Waals surface area (Å²) < 4.78 is 77.8. The van der Waals surface area contributed by atoms with Gasteiger partial charge in [0, 0.05) is 11.8 Å². The average Bonchev–Trinajstić information content (AvgIpc) is 2.70. The Bertz CT molecular complexity index is 1070. The molecule has 2 aromatic carbocycles. The lowest BCUT2D eigenvalue weighted by Crippen LogP contribution is -2.34. The van der Waals surface area contributed by atoms with Gasteiger partial charge in [-0.2, -0.15) is 38.1 Å². The number of hydrogen-bond acceptors (Lipinski definition) is 2. The van der Waals surface area contributed by atoms with Crippen LogP contribution in [-0.4, -0.2) is 35.8 Å². The Labute approximate surface area is 221 Å². The van der Waals surface area contributed by atoms with Gasteiger partial charge < -0.3 is 5.32 Å². The lowest BCUT2D eigenvalue weighted by Gasteiger charge is -2.18. The van der Waals surface area contributed by atoms with Crippen molar-refractivity contribution in [3.05, 3.63) is 73.2 Å². The van der Waals surface area contributed by atoms with Crippen LogP contribution in [0.5, 0.6) is 0 Å². The highest BCUT2D eigenvalue weighted by Crippen LogP contribution is 2.41. The van der Waals surface area contributed by atoms with E-state index in [1.807, 2.05) is 0 Å². The monoisotopic (exact) mass is 597 g/mol. The number of carbonyl (C=O) groups excluding carboxylic acids is 1. The maximum absolute atomic E-state index is 13.7. The Morgan fingerprint density at radius 2 is 1.60 bits per heavy atom. The summed E-state index contributed by atoms with van der Waals surface area (Å²) in [6.07, 6.45) is -6.90. The van der Waals surface area contributed by atoms with Gasteiger partial charge in [0.2, 0.25) is 0 Å². The third kappa shape index (κ3) is 9.28. The molecule has 2 aromatic rings. The summed E-state index contributed by atoms with van der Waals surface area (Å²) in [6, 6.07) is 5.57. The second-order valence-corrected chi connectivity index (χ2v) is 10.1. The first-order valence-electron chi connectivity index (χ1n) is 9.72. The SMILES string of the molecule is C[C@H](CSCC(F)(F)F)NC(=O)c1ccc(/C=C/C(c2cc(Cl)c(Cl)c(Cl)c2)C(F)(F)F)cc1Cl. The summed E-state index contributed by atoms with van der Waals surface area (Å²) >= 11 is 24.3. The molecule has 2 nitrogen and oxygen atoms in total. The normalized spacial score (nSPS) is 14.3. The van der Waals surface area contributed by atoms with E-state index < -0.39 is 36.0 Å². The van der Waals surface area contributed by atoms with E-state index in [1.165, 1.54) is 24.3 Å². The van der Waals surface area contributed by atoms with Crippen molar-refractivity contribution in [2.75, 3.05) is 11.5 Å². The van der Waals surface area contributed by atoms with Crippen molar-refractivity contribution in [2.24, 2.45) is 0 Å². The van der Waals surface area contributed by atoms with Crippen LogP contribution < -0.4 is 5.32 Å². The second-order valence-electron chi connectivity index (χ2n) is 7.42. The fourth-order valence-electron chi connectivity index (χ4n) is 2.89. The Morgan fingerprint density at radius 3 is 2.11 bits per heavy atom. The summed E-state index contributed by atoms with van der Waals surface area (Å²) in [5, 5.41) is 2.19. The number of benzene rings is 2. The minimum absolute atomic E-state index is 0.0279. The number of thioether (sulfide) groups is 1. The number of allylic oxidation sites excluding steroid dienone is 1. The molecule has 0 aliphatic heterocycles. The summed E-state index contributed by atoms with van der Waals surface area (Å²) in [5.41, 5.74) is 0.0912. The first-order valence-corrected chi connectivity index (χ1v) is 12.4. The summed E-state index contributed by atoms with van der Waals surface area (Å²) in [5.74, 6) is -3.68. The molecule has 1 N–H and O–H groups in total. The van der Waals surface area contributed by atoms with Gasteiger partial charge >= 0.3 is 12.4 Å². The van der Waals surface area contributed by atoms with Crippen LogP contribution in [0.2, 0.25) is 20.1 Å². The lowest BCUT2D eigenvalue weighted by atomic mass is 9.97. The predicted molar refractivity (Wildman–Crippen MR) is 131 cm³/mol. The topological polar surface area (TPSA) is 29.1 Å². The third-order valence-corrected chi connectivity index (χ3v) is 7.22. The number of amides is 1. The summed E-state index contributed by atoms with van der Waals surface area (Å²) in [6.45, 7) is 1.54. The van der Waals surface area contributed by atoms with Crippen LogP contribution in [-0.2, 0) is 0 Å². The zero-order chi connectivity index (χ0) is 26.6. The molecule has 1 unspecified atom stereocenters. The molecule has 0 fully saturated rings. The van der Waals surface area contributed by atoms with Gasteiger partial charge in [-0.15, -0.1) is 0 Å². The van der Waals surface area contributed by atoms with E-state index in [0.29, 0.717) is 11.8 Å². The fraction of sp³-hybridized carbons (Fsp3) is 0.318. The maximum atomic E-state index is 13.7. The summed E-state index contributed by atoms with van der Waals surface area (Å²) in [4.78, 5) is 12.4. The minimum Gasteiger partial charge on any atom is -0.349 e. The van der Waals surface area contributed by atoms with Gasteiger partial charge in [-0.25, -0.2) is 0 Å². The lowest BCUT2D eigenvalue weighted by molar-refractivity contribution is -0.139. The Kier molecular flexibility index (Phi) is 10.5. The van der Waals surface area contributed by atoms with E-state index in [0.717, 1.165) is 18.2 Å². The highest BCUT2D eigenvalue weighted by Gasteiger charge is 2.39. The van der Waals surface area contributed by atoms with E-state index in [-0.39, 0.29) is 42.5 Å². The first-order chi connectivity index (χ1) is 16.1. The van der Waals surface area contributed by atoms with Gasteiger partial charge in [-0.05, 0) is 42.3 Å². The third-order valence-electron chi connectivity index (χ3n) is 4.45. The molecule has 0 bridgehead atoms. The minimum atomic E-state index is -4.67. The molecular formula is C22H17Cl4F6NOS. The average molecular weight is 599 g/mol. The number of rotatable bonds is 8. The van der Waals surface area contributed by atoms with E-state index in [1.54, 1.807) is 6.92 Å². The van der Waals surface area contributed by atoms with E-state index in [4.69, 9.17) is 46.4 Å². The van der Waals surface area contributed by atoms with Gasteiger partial charge in [-0.3, -0.25) is 4.79 Å². The van der Waals surface area contributed by atoms with Crippen molar-refractivity contribution in [2.45, 2.75) is 31.2 Å². The number of alkyl halides is 6. The van der Waals surface area contributed by atoms with Crippen LogP contribution in [0.4, 0.5) is 26.3 Å². The van der Waals surface area contributed by atoms with Crippen LogP contribution in [0.1, 0.15) is 34.3 Å². The van der Waals surface area contributed by atoms with Crippen molar-refractivity contribution < 1.29 is 31.1 Å². The van der Waals surface area contributed by atoms with Gasteiger partial charge in [0.15, 0.2) is 0 Å². The smallest absolute Gasteiger partial charge is 0.349 e. The molecule has 0 aliphatic carbocycles. The molecule has 2 rings (SSSR count). The summed E-state index contributed by atoms with van der Waals surface area (Å²) in [7, 11) is 0. The number of carbonyl (C=O) groups is 1. The number of halogens is 10. The molecule has 1 amide bonds. The van der Waals surface area contributed by atoms with Crippen molar-refractivity contribution in [3.63, 3.8) is 0 Å². The van der Waals surface area contributed by atoms with Gasteiger partial charge in [0.25, 0.3) is 5.91 Å². The number of hydrogen-bond donors (Lipinski definition) is 1. The molecule has 0 radical (unpaired) electrons. The van der Waals surface area contributed by atoms with E-state index in [9.17, 15) is 31.1 Å². The first kappa shape index (κ1) is 30.0. The molecular weight excluding hydrogens is 582 g/mol. The van der Waals surface area contributed by atoms with Gasteiger partial charge in [0.1, 0.15) is 0 Å². The maximum Gasteiger partial charge on any atom is 0.399 e. The van der Waals surface area contributed by atoms with Crippen molar-refractivity contribution in [3.8, 4) is 0 Å². The molecule has 0 aliphatic rings. The van der Waals surface area contributed by atoms with Crippen LogP contribution in [0.15, 0.2) is 36.4 Å². The highest BCUT2D eigenvalue weighted by atomic mass is 35.5. The largest absolute Gasteiger partial charge is 0.399 e. The van der Waals surface area contributed by atoms with Crippen LogP contribution >= 0.6 is 58.2 Å². The molecule has 0 saturated carbocycles. The molecule has 0 saturated heterocycles. The van der Waals surface area contributed by atoms with Crippen LogP contribution in [0.3, 0.4) is 0 Å². The quantitative estimate of drug-likeness (QED) is 0.242. The molecule has 0 heterocycles. The van der Waals surface area contributed by atoms with E-state index in [2.05, 4.69) is 5.32 Å². The zero-order valence-electron chi connectivity index (χ0n) is 17.7. The molecule has 0 aromatic heterocycles. The molecule has 13 heteroatoms. The molecule has 35 heavy (non-hydrogen) atoms. The Morgan fingerprint density at radius 1 is 1.00 bits per heavy atom. The fourth-order valence-corrected chi connectivity index (χ4v) is 4.56. The number of nitrogens with one attached hydrogen (secondary N) is 1. The van der Waals surface area contributed by atoms with Crippen LogP contribution in [0.25, 0.3) is 6.08 Å². The van der Waals surface area contributed by atoms with E-state index >= 15 is 0 Å². The second kappa shape index (κ2) is 12.3. The van der Waals surface area contributed by atoms with Gasteiger partial charge in [0.05, 0.1) is 37.3 Å². The molecule has 192 valence electrons. The van der Waals surface area contributed by atoms with Crippen molar-refractivity contribution >= 4 is 70.1 Å². The van der Waals surface area contributed by atoms with Crippen molar-refractivity contribution in [1.82, 2.24) is 5.32 Å². The molecule has 0 spiro atoms. The Hall–Kier alpha value is -1.26. The molecule has 2 atom stereocenters. The van der Waals surface area contributed by atoms with Crippen molar-refractivity contribution in [1.29, 1.82) is 0 Å². The van der Waals surface area contributed by atoms with Crippen LogP contribution in [0, 0.1) is 0 Å². The Balaban J connectivity index is 2.16. The highest BCUT2D eigenvalue weighted by molar-refractivity contribution is 7.99. The standard InChI is InChI=1S/C22H17Cl4F6NOS/c1-11(9-35-10-21(27,28)29)33-20(34)14-4-2-12(6-16(14)23)3-5-15(22(30,31)32)13-7-17(24)19(26)18(25)8-13/h2-8,11,15H,9-10H2,1H3,(H,33,34)/b5-3+/t11-,15?/m1/s1.